The number of hydrogen-bond donors (Lipinski definition) is 0. The monoisotopic (exact) mass is 352 g/mol. The van der Waals surface area contributed by atoms with Gasteiger partial charge >= 0.3 is 0 Å². The first kappa shape index (κ1) is 18.7. The first-order valence-corrected chi connectivity index (χ1v) is 9.57. The standard InChI is InChI=1S/C20H33Br/c1-9-15-18(12(4)5)16(10-2)20(14(8)21)17(11-3)19(15)13(6)7/h12-14H,9-11H2,1-8H3. The fourth-order valence-corrected chi connectivity index (χ4v) is 4.55. The second-order valence-electron chi connectivity index (χ2n) is 6.66. The molecule has 1 unspecified atom stereocenters. The Balaban J connectivity index is 3.96. The van der Waals surface area contributed by atoms with Crippen molar-refractivity contribution in [2.24, 2.45) is 0 Å². The summed E-state index contributed by atoms with van der Waals surface area (Å²) in [5, 5.41) is 0. The minimum absolute atomic E-state index is 0.434. The van der Waals surface area contributed by atoms with Crippen LogP contribution in [0, 0.1) is 0 Å². The first-order chi connectivity index (χ1) is 9.81. The van der Waals surface area contributed by atoms with Crippen molar-refractivity contribution in [1.82, 2.24) is 0 Å². The third kappa shape index (κ3) is 3.55. The van der Waals surface area contributed by atoms with Gasteiger partial charge in [0.25, 0.3) is 0 Å². The maximum atomic E-state index is 3.88. The summed E-state index contributed by atoms with van der Waals surface area (Å²) in [5.41, 5.74) is 9.67. The molecule has 0 fully saturated rings. The molecule has 0 heterocycles. The zero-order valence-electron chi connectivity index (χ0n) is 15.2. The normalized spacial score (nSPS) is 13.3. The summed E-state index contributed by atoms with van der Waals surface area (Å²) in [4.78, 5) is 0.434. The third-order valence-electron chi connectivity index (χ3n) is 4.56. The number of benzene rings is 1. The Labute approximate surface area is 140 Å². The molecule has 1 heteroatoms. The predicted molar refractivity (Wildman–Crippen MR) is 100 cm³/mol. The van der Waals surface area contributed by atoms with Gasteiger partial charge in [-0.05, 0) is 71.4 Å². The minimum atomic E-state index is 0.434. The van der Waals surface area contributed by atoms with Crippen LogP contribution in [0.15, 0.2) is 0 Å². The average Bonchev–Trinajstić information content (AvgIpc) is 2.42. The SMILES string of the molecule is CCc1c(C(C)C)c(CC)c(C(C)Br)c(CC)c1C(C)C. The molecule has 0 radical (unpaired) electrons. The van der Waals surface area contributed by atoms with Gasteiger partial charge in [-0.1, -0.05) is 64.4 Å². The van der Waals surface area contributed by atoms with E-state index in [9.17, 15) is 0 Å². The lowest BCUT2D eigenvalue weighted by molar-refractivity contribution is 0.759. The molecule has 1 rings (SSSR count). The Bertz CT molecular complexity index is 389. The van der Waals surface area contributed by atoms with Gasteiger partial charge in [-0.3, -0.25) is 0 Å². The second kappa shape index (κ2) is 7.81. The van der Waals surface area contributed by atoms with Crippen molar-refractivity contribution in [2.45, 2.75) is 91.3 Å². The zero-order valence-corrected chi connectivity index (χ0v) is 16.8. The van der Waals surface area contributed by atoms with E-state index in [-0.39, 0.29) is 0 Å². The van der Waals surface area contributed by atoms with Crippen molar-refractivity contribution in [3.05, 3.63) is 33.4 Å². The highest BCUT2D eigenvalue weighted by atomic mass is 79.9. The van der Waals surface area contributed by atoms with Gasteiger partial charge in [-0.25, -0.2) is 0 Å². The Morgan fingerprint density at radius 2 is 0.905 bits per heavy atom. The van der Waals surface area contributed by atoms with Crippen LogP contribution in [-0.2, 0) is 19.3 Å². The van der Waals surface area contributed by atoms with Crippen LogP contribution < -0.4 is 0 Å². The van der Waals surface area contributed by atoms with Crippen LogP contribution in [0.1, 0.15) is 105 Å². The topological polar surface area (TPSA) is 0 Å². The van der Waals surface area contributed by atoms with Crippen LogP contribution in [-0.4, -0.2) is 0 Å². The van der Waals surface area contributed by atoms with Crippen LogP contribution in [0.5, 0.6) is 0 Å². The number of halogens is 1. The number of rotatable bonds is 6. The van der Waals surface area contributed by atoms with Gasteiger partial charge in [0.1, 0.15) is 0 Å². The molecule has 1 aromatic rings. The average molecular weight is 353 g/mol. The Morgan fingerprint density at radius 3 is 1.10 bits per heavy atom. The molecule has 1 atom stereocenters. The number of alkyl halides is 1. The highest BCUT2D eigenvalue weighted by molar-refractivity contribution is 9.09. The van der Waals surface area contributed by atoms with E-state index in [0.717, 1.165) is 19.3 Å². The second-order valence-corrected chi connectivity index (χ2v) is 8.04. The van der Waals surface area contributed by atoms with Gasteiger partial charge in [-0.2, -0.15) is 0 Å². The van der Waals surface area contributed by atoms with Crippen LogP contribution in [0.3, 0.4) is 0 Å². The predicted octanol–water partition coefficient (Wildman–Crippen LogP) is 7.08. The molecule has 0 aliphatic carbocycles. The summed E-state index contributed by atoms with van der Waals surface area (Å²) < 4.78 is 0. The molecule has 0 nitrogen and oxygen atoms in total. The van der Waals surface area contributed by atoms with Gasteiger partial charge in [0.05, 0.1) is 0 Å². The van der Waals surface area contributed by atoms with E-state index in [1.807, 2.05) is 0 Å². The molecular weight excluding hydrogens is 320 g/mol. The van der Waals surface area contributed by atoms with E-state index in [1.165, 1.54) is 0 Å². The fraction of sp³-hybridized carbons (Fsp3) is 0.700. The highest BCUT2D eigenvalue weighted by Gasteiger charge is 2.25. The molecule has 0 saturated carbocycles. The largest absolute Gasteiger partial charge is 0.0842 e. The van der Waals surface area contributed by atoms with Crippen molar-refractivity contribution in [1.29, 1.82) is 0 Å². The maximum Gasteiger partial charge on any atom is 0.0372 e. The lowest BCUT2D eigenvalue weighted by Gasteiger charge is -2.30. The van der Waals surface area contributed by atoms with Crippen molar-refractivity contribution < 1.29 is 0 Å². The summed E-state index contributed by atoms with van der Waals surface area (Å²) in [6.45, 7) is 18.6. The van der Waals surface area contributed by atoms with E-state index >= 15 is 0 Å². The quantitative estimate of drug-likeness (QED) is 0.480. The molecule has 21 heavy (non-hydrogen) atoms. The highest BCUT2D eigenvalue weighted by Crippen LogP contribution is 2.42. The molecule has 0 N–H and O–H groups in total. The fourth-order valence-electron chi connectivity index (χ4n) is 4.00. The first-order valence-electron chi connectivity index (χ1n) is 8.65. The van der Waals surface area contributed by atoms with Crippen LogP contribution in [0.2, 0.25) is 0 Å². The van der Waals surface area contributed by atoms with E-state index in [4.69, 9.17) is 0 Å². The summed E-state index contributed by atoms with van der Waals surface area (Å²) in [6.07, 6.45) is 3.42. The van der Waals surface area contributed by atoms with E-state index < -0.39 is 0 Å². The lowest BCUT2D eigenvalue weighted by atomic mass is 9.76. The lowest BCUT2D eigenvalue weighted by Crippen LogP contribution is -2.15. The molecule has 0 aliphatic rings. The third-order valence-corrected chi connectivity index (χ3v) is 5.02. The van der Waals surface area contributed by atoms with Crippen LogP contribution >= 0.6 is 15.9 Å². The summed E-state index contributed by atoms with van der Waals surface area (Å²) in [5.74, 6) is 1.20. The molecule has 0 saturated heterocycles. The molecule has 0 aliphatic heterocycles. The summed E-state index contributed by atoms with van der Waals surface area (Å²) in [6, 6.07) is 0. The van der Waals surface area contributed by atoms with Crippen molar-refractivity contribution >= 4 is 15.9 Å². The van der Waals surface area contributed by atoms with Crippen molar-refractivity contribution in [3.63, 3.8) is 0 Å². The Kier molecular flexibility index (Phi) is 6.97. The molecule has 1 aromatic carbocycles. The van der Waals surface area contributed by atoms with E-state index in [2.05, 4.69) is 71.3 Å². The molecule has 120 valence electrons. The molecule has 0 aromatic heterocycles. The number of hydrogen-bond acceptors (Lipinski definition) is 0. The van der Waals surface area contributed by atoms with Gasteiger partial charge in [-0.15, -0.1) is 0 Å². The molecular formula is C20H33Br. The summed E-state index contributed by atoms with van der Waals surface area (Å²) in [7, 11) is 0. The van der Waals surface area contributed by atoms with Gasteiger partial charge in [0, 0.05) is 4.83 Å². The van der Waals surface area contributed by atoms with Gasteiger partial charge < -0.3 is 0 Å². The van der Waals surface area contributed by atoms with Crippen molar-refractivity contribution in [2.75, 3.05) is 0 Å². The Hall–Kier alpha value is -0.300. The zero-order chi connectivity index (χ0) is 16.3. The molecule has 0 spiro atoms. The van der Waals surface area contributed by atoms with Gasteiger partial charge in [0.15, 0.2) is 0 Å². The van der Waals surface area contributed by atoms with Crippen LogP contribution in [0.25, 0.3) is 0 Å². The Morgan fingerprint density at radius 1 is 0.619 bits per heavy atom. The maximum absolute atomic E-state index is 3.88. The van der Waals surface area contributed by atoms with Crippen molar-refractivity contribution in [3.8, 4) is 0 Å². The minimum Gasteiger partial charge on any atom is -0.0842 e. The molecule has 0 amide bonds. The van der Waals surface area contributed by atoms with Gasteiger partial charge in [0.2, 0.25) is 0 Å². The summed E-state index contributed by atoms with van der Waals surface area (Å²) >= 11 is 3.88. The van der Waals surface area contributed by atoms with E-state index in [0.29, 0.717) is 16.7 Å². The van der Waals surface area contributed by atoms with E-state index in [1.54, 1.807) is 33.4 Å². The van der Waals surface area contributed by atoms with Crippen LogP contribution in [0.4, 0.5) is 0 Å². The smallest absolute Gasteiger partial charge is 0.0372 e. The molecule has 0 bridgehead atoms.